The molecule has 0 aliphatic carbocycles. The molecule has 2 aromatic heterocycles. The van der Waals surface area contributed by atoms with E-state index in [1.165, 1.54) is 0 Å². The van der Waals surface area contributed by atoms with Gasteiger partial charge in [-0.05, 0) is 62.8 Å². The van der Waals surface area contributed by atoms with Crippen molar-refractivity contribution in [2.75, 3.05) is 26.2 Å². The molecule has 7 nitrogen and oxygen atoms in total. The molecule has 0 saturated carbocycles. The number of aryl methyl sites for hydroxylation is 1. The molecule has 0 saturated heterocycles. The molecule has 1 aliphatic rings. The molecule has 1 N–H and O–H groups in total. The molecule has 3 heterocycles. The third kappa shape index (κ3) is 4.24. The lowest BCUT2D eigenvalue weighted by Crippen LogP contribution is -2.34. The monoisotopic (exact) mass is 397 g/mol. The third-order valence-corrected chi connectivity index (χ3v) is 5.30. The first kappa shape index (κ1) is 20.8. The summed E-state index contributed by atoms with van der Waals surface area (Å²) in [6.07, 6.45) is 3.97. The number of nitrogens with zero attached hydrogens (tertiary/aromatic N) is 3. The van der Waals surface area contributed by atoms with E-state index in [4.69, 9.17) is 4.42 Å². The molecule has 154 valence electrons. The van der Waals surface area contributed by atoms with Crippen molar-refractivity contribution in [2.45, 2.75) is 33.2 Å². The minimum Gasteiger partial charge on any atom is -0.503 e. The van der Waals surface area contributed by atoms with Gasteiger partial charge >= 0.3 is 0 Å². The van der Waals surface area contributed by atoms with Gasteiger partial charge in [-0.1, -0.05) is 13.8 Å². The van der Waals surface area contributed by atoms with Crippen molar-refractivity contribution in [3.8, 4) is 0 Å². The molecular formula is C22H27N3O4. The predicted molar refractivity (Wildman–Crippen MR) is 109 cm³/mol. The zero-order valence-corrected chi connectivity index (χ0v) is 17.1. The maximum atomic E-state index is 13.1. The molecule has 1 amide bonds. The highest BCUT2D eigenvalue weighted by atomic mass is 16.3. The fraction of sp³-hybridized carbons (Fsp3) is 0.409. The highest BCUT2D eigenvalue weighted by Crippen LogP contribution is 2.39. The van der Waals surface area contributed by atoms with Crippen molar-refractivity contribution in [2.24, 2.45) is 0 Å². The molecule has 1 aliphatic heterocycles. The second-order valence-corrected chi connectivity index (χ2v) is 7.06. The number of ketones is 1. The van der Waals surface area contributed by atoms with Crippen LogP contribution in [0, 0.1) is 6.92 Å². The van der Waals surface area contributed by atoms with Crippen LogP contribution in [0.4, 0.5) is 0 Å². The maximum absolute atomic E-state index is 13.1. The van der Waals surface area contributed by atoms with Crippen LogP contribution in [0.5, 0.6) is 0 Å². The highest BCUT2D eigenvalue weighted by molar-refractivity contribution is 6.15. The molecule has 29 heavy (non-hydrogen) atoms. The SMILES string of the molecule is CCN(CC)CCCN1C(=O)C(O)=C(C(=O)c2ccc(C)o2)[C@@H]1c1ccncc1. The van der Waals surface area contributed by atoms with E-state index in [0.717, 1.165) is 31.6 Å². The maximum Gasteiger partial charge on any atom is 0.290 e. The van der Waals surface area contributed by atoms with Gasteiger partial charge < -0.3 is 19.3 Å². The van der Waals surface area contributed by atoms with Crippen molar-refractivity contribution in [3.05, 3.63) is 65.1 Å². The van der Waals surface area contributed by atoms with Gasteiger partial charge in [0, 0.05) is 18.9 Å². The van der Waals surface area contributed by atoms with Crippen molar-refractivity contribution in [3.63, 3.8) is 0 Å². The quantitative estimate of drug-likeness (QED) is 0.654. The van der Waals surface area contributed by atoms with E-state index >= 15 is 0 Å². The molecule has 0 aromatic carbocycles. The van der Waals surface area contributed by atoms with Crippen LogP contribution in [0.1, 0.15) is 48.2 Å². The molecule has 0 radical (unpaired) electrons. The lowest BCUT2D eigenvalue weighted by Gasteiger charge is -2.27. The zero-order chi connectivity index (χ0) is 21.0. The molecule has 2 aromatic rings. The Kier molecular flexibility index (Phi) is 6.49. The van der Waals surface area contributed by atoms with Gasteiger partial charge in [0.1, 0.15) is 5.76 Å². The van der Waals surface area contributed by atoms with Crippen molar-refractivity contribution < 1.29 is 19.1 Å². The summed E-state index contributed by atoms with van der Waals surface area (Å²) in [7, 11) is 0. The Bertz CT molecular complexity index is 900. The Labute approximate surface area is 170 Å². The first-order valence-corrected chi connectivity index (χ1v) is 9.95. The Morgan fingerprint density at radius 3 is 2.48 bits per heavy atom. The van der Waals surface area contributed by atoms with Gasteiger partial charge in [-0.25, -0.2) is 0 Å². The second-order valence-electron chi connectivity index (χ2n) is 7.06. The van der Waals surface area contributed by atoms with E-state index in [9.17, 15) is 14.7 Å². The van der Waals surface area contributed by atoms with Crippen molar-refractivity contribution >= 4 is 11.7 Å². The van der Waals surface area contributed by atoms with Crippen LogP contribution >= 0.6 is 0 Å². The van der Waals surface area contributed by atoms with E-state index in [0.29, 0.717) is 12.3 Å². The number of amides is 1. The number of rotatable bonds is 9. The van der Waals surface area contributed by atoms with Gasteiger partial charge in [-0.3, -0.25) is 14.6 Å². The van der Waals surface area contributed by atoms with Gasteiger partial charge in [0.15, 0.2) is 11.5 Å². The molecule has 3 rings (SSSR count). The molecule has 1 atom stereocenters. The lowest BCUT2D eigenvalue weighted by atomic mass is 9.96. The number of carbonyl (C=O) groups is 2. The lowest BCUT2D eigenvalue weighted by molar-refractivity contribution is -0.129. The van der Waals surface area contributed by atoms with E-state index in [-0.39, 0.29) is 11.3 Å². The minimum atomic E-state index is -0.667. The third-order valence-electron chi connectivity index (χ3n) is 5.30. The largest absolute Gasteiger partial charge is 0.503 e. The standard InChI is InChI=1S/C22H27N3O4/c1-4-24(5-2)13-6-14-25-19(16-9-11-23-12-10-16)18(21(27)22(25)28)20(26)17-8-7-15(3)29-17/h7-12,19,27H,4-6,13-14H2,1-3H3/t19-/m0/s1. The van der Waals surface area contributed by atoms with Crippen LogP contribution in [0.2, 0.25) is 0 Å². The number of pyridine rings is 1. The molecular weight excluding hydrogens is 370 g/mol. The second kappa shape index (κ2) is 9.05. The van der Waals surface area contributed by atoms with Gasteiger partial charge in [-0.2, -0.15) is 0 Å². The van der Waals surface area contributed by atoms with Gasteiger partial charge in [-0.15, -0.1) is 0 Å². The highest BCUT2D eigenvalue weighted by Gasteiger charge is 2.44. The Morgan fingerprint density at radius 2 is 1.90 bits per heavy atom. The summed E-state index contributed by atoms with van der Waals surface area (Å²) in [5.41, 5.74) is 0.783. The molecule has 0 bridgehead atoms. The number of aliphatic hydroxyl groups excluding tert-OH is 1. The van der Waals surface area contributed by atoms with Crippen LogP contribution < -0.4 is 0 Å². The number of hydrogen-bond acceptors (Lipinski definition) is 6. The van der Waals surface area contributed by atoms with E-state index in [2.05, 4.69) is 23.7 Å². The number of furan rings is 1. The normalized spacial score (nSPS) is 16.9. The van der Waals surface area contributed by atoms with Crippen molar-refractivity contribution in [1.29, 1.82) is 0 Å². The van der Waals surface area contributed by atoms with Gasteiger partial charge in [0.05, 0.1) is 11.6 Å². The summed E-state index contributed by atoms with van der Waals surface area (Å²) in [5.74, 6) is -0.807. The number of Topliss-reactive ketones (excluding diaryl/α,β-unsaturated/α-hetero) is 1. The van der Waals surface area contributed by atoms with Crippen LogP contribution in [-0.4, -0.2) is 57.8 Å². The number of carbonyl (C=O) groups excluding carboxylic acids is 2. The fourth-order valence-electron chi connectivity index (χ4n) is 3.70. The van der Waals surface area contributed by atoms with E-state index in [1.807, 2.05) is 0 Å². The summed E-state index contributed by atoms with van der Waals surface area (Å²) in [5, 5.41) is 10.6. The summed E-state index contributed by atoms with van der Waals surface area (Å²) in [6.45, 7) is 9.07. The first-order valence-electron chi connectivity index (χ1n) is 9.95. The minimum absolute atomic E-state index is 0.0541. The molecule has 0 spiro atoms. The predicted octanol–water partition coefficient (Wildman–Crippen LogP) is 3.29. The average molecular weight is 397 g/mol. The van der Waals surface area contributed by atoms with Gasteiger partial charge in [0.25, 0.3) is 5.91 Å². The van der Waals surface area contributed by atoms with Crippen molar-refractivity contribution in [1.82, 2.24) is 14.8 Å². The number of hydrogen-bond donors (Lipinski definition) is 1. The summed E-state index contributed by atoms with van der Waals surface area (Å²) in [6, 6.07) is 6.10. The zero-order valence-electron chi connectivity index (χ0n) is 17.1. The van der Waals surface area contributed by atoms with Gasteiger partial charge in [0.2, 0.25) is 5.78 Å². The molecule has 0 fully saturated rings. The van der Waals surface area contributed by atoms with Crippen LogP contribution in [0.15, 0.2) is 52.4 Å². The first-order chi connectivity index (χ1) is 14.0. The average Bonchev–Trinajstić information content (AvgIpc) is 3.28. The smallest absolute Gasteiger partial charge is 0.290 e. The van der Waals surface area contributed by atoms with Crippen LogP contribution in [0.25, 0.3) is 0 Å². The fourth-order valence-corrected chi connectivity index (χ4v) is 3.70. The number of aliphatic hydroxyl groups is 1. The van der Waals surface area contributed by atoms with Crippen LogP contribution in [-0.2, 0) is 4.79 Å². The molecule has 7 heteroatoms. The summed E-state index contributed by atoms with van der Waals surface area (Å²) in [4.78, 5) is 33.8. The summed E-state index contributed by atoms with van der Waals surface area (Å²) >= 11 is 0. The summed E-state index contributed by atoms with van der Waals surface area (Å²) < 4.78 is 5.46. The van der Waals surface area contributed by atoms with Crippen LogP contribution in [0.3, 0.4) is 0 Å². The van der Waals surface area contributed by atoms with E-state index < -0.39 is 23.5 Å². The Balaban J connectivity index is 1.91. The Morgan fingerprint density at radius 1 is 1.21 bits per heavy atom. The Hall–Kier alpha value is -2.93. The van der Waals surface area contributed by atoms with E-state index in [1.54, 1.807) is 48.5 Å². The number of aromatic nitrogens is 1. The molecule has 0 unspecified atom stereocenters. The topological polar surface area (TPSA) is 86.9 Å².